The van der Waals surface area contributed by atoms with E-state index in [2.05, 4.69) is 6.58 Å². The van der Waals surface area contributed by atoms with Crippen LogP contribution in [0.5, 0.6) is 5.75 Å². The molecule has 0 saturated carbocycles. The van der Waals surface area contributed by atoms with Crippen molar-refractivity contribution in [2.24, 2.45) is 5.41 Å². The summed E-state index contributed by atoms with van der Waals surface area (Å²) in [7, 11) is 0. The van der Waals surface area contributed by atoms with Crippen LogP contribution < -0.4 is 0 Å². The monoisotopic (exact) mass is 330 g/mol. The molecule has 0 fully saturated rings. The van der Waals surface area contributed by atoms with Crippen molar-refractivity contribution in [1.29, 1.82) is 0 Å². The van der Waals surface area contributed by atoms with Gasteiger partial charge in [0.15, 0.2) is 0 Å². The minimum atomic E-state index is -0.836. The normalized spacial score (nSPS) is 11.5. The molecule has 0 aliphatic carbocycles. The topological polar surface area (TPSA) is 87.0 Å². The Bertz CT molecular complexity index is 738. The van der Waals surface area contributed by atoms with Crippen molar-refractivity contribution < 1.29 is 24.9 Å². The van der Waals surface area contributed by atoms with Gasteiger partial charge in [0, 0.05) is 0 Å². The number of carbonyl (C=O) groups is 1. The summed E-state index contributed by atoms with van der Waals surface area (Å²) in [6.07, 6.45) is 0.485. The molecule has 0 aromatic heterocycles. The highest BCUT2D eigenvalue weighted by Crippen LogP contribution is 2.26. The number of rotatable bonds is 7. The Morgan fingerprint density at radius 2 is 1.75 bits per heavy atom. The second-order valence-electron chi connectivity index (χ2n) is 5.97. The Labute approximate surface area is 140 Å². The molecule has 128 valence electrons. The molecule has 2 aromatic rings. The SMILES string of the molecule is C=C(C(=O)OCC(CC)(CO)CO)c1ccc2cc(O)ccc2c1. The van der Waals surface area contributed by atoms with Gasteiger partial charge in [0.05, 0.1) is 24.2 Å². The average Bonchev–Trinajstić information content (AvgIpc) is 2.62. The largest absolute Gasteiger partial charge is 0.508 e. The van der Waals surface area contributed by atoms with Crippen LogP contribution in [0.4, 0.5) is 0 Å². The highest BCUT2D eigenvalue weighted by molar-refractivity contribution is 6.16. The van der Waals surface area contributed by atoms with Crippen LogP contribution in [0.1, 0.15) is 18.9 Å². The summed E-state index contributed by atoms with van der Waals surface area (Å²) >= 11 is 0. The molecule has 5 heteroatoms. The van der Waals surface area contributed by atoms with Gasteiger partial charge in [-0.15, -0.1) is 0 Å². The Hall–Kier alpha value is -2.37. The standard InChI is InChI=1S/C19H22O5/c1-3-19(10-20,11-21)12-24-18(23)13(2)14-4-5-16-9-17(22)7-6-15(16)8-14/h4-9,20-22H,2-3,10-12H2,1H3. The second kappa shape index (κ2) is 7.47. The van der Waals surface area contributed by atoms with E-state index in [1.54, 1.807) is 36.4 Å². The molecule has 0 unspecified atom stereocenters. The van der Waals surface area contributed by atoms with Crippen LogP contribution in [0.3, 0.4) is 0 Å². The van der Waals surface area contributed by atoms with Crippen LogP contribution in [-0.4, -0.2) is 41.1 Å². The van der Waals surface area contributed by atoms with Crippen LogP contribution in [0, 0.1) is 5.41 Å². The van der Waals surface area contributed by atoms with Gasteiger partial charge in [-0.2, -0.15) is 0 Å². The lowest BCUT2D eigenvalue weighted by Crippen LogP contribution is -2.35. The number of aromatic hydroxyl groups is 1. The first-order valence-electron chi connectivity index (χ1n) is 7.75. The Balaban J connectivity index is 2.13. The van der Waals surface area contributed by atoms with Crippen LogP contribution in [0.25, 0.3) is 16.3 Å². The first-order chi connectivity index (χ1) is 11.4. The van der Waals surface area contributed by atoms with E-state index >= 15 is 0 Å². The van der Waals surface area contributed by atoms with Gasteiger partial charge in [0.2, 0.25) is 0 Å². The van der Waals surface area contributed by atoms with Crippen molar-refractivity contribution in [3.05, 3.63) is 48.5 Å². The second-order valence-corrected chi connectivity index (χ2v) is 5.97. The third kappa shape index (κ3) is 3.75. The predicted molar refractivity (Wildman–Crippen MR) is 92.5 cm³/mol. The van der Waals surface area contributed by atoms with Crippen LogP contribution in [0.2, 0.25) is 0 Å². The summed E-state index contributed by atoms with van der Waals surface area (Å²) in [5.41, 5.74) is -0.0178. The van der Waals surface area contributed by atoms with Gasteiger partial charge < -0.3 is 20.1 Å². The summed E-state index contributed by atoms with van der Waals surface area (Å²) in [6, 6.07) is 10.3. The van der Waals surface area contributed by atoms with E-state index in [0.29, 0.717) is 12.0 Å². The van der Waals surface area contributed by atoms with Crippen LogP contribution >= 0.6 is 0 Å². The molecule has 0 amide bonds. The number of carbonyl (C=O) groups excluding carboxylic acids is 1. The molecule has 0 saturated heterocycles. The number of fused-ring (bicyclic) bond motifs is 1. The molecule has 0 aliphatic heterocycles. The highest BCUT2D eigenvalue weighted by atomic mass is 16.5. The molecular weight excluding hydrogens is 308 g/mol. The fourth-order valence-electron chi connectivity index (χ4n) is 2.31. The van der Waals surface area contributed by atoms with E-state index in [0.717, 1.165) is 10.8 Å². The number of hydrogen-bond donors (Lipinski definition) is 3. The molecule has 24 heavy (non-hydrogen) atoms. The highest BCUT2D eigenvalue weighted by Gasteiger charge is 2.29. The van der Waals surface area contributed by atoms with E-state index in [-0.39, 0.29) is 31.1 Å². The Morgan fingerprint density at radius 1 is 1.12 bits per heavy atom. The first kappa shape index (κ1) is 18.0. The van der Waals surface area contributed by atoms with E-state index in [1.165, 1.54) is 0 Å². The molecule has 0 atom stereocenters. The zero-order valence-corrected chi connectivity index (χ0v) is 13.7. The lowest BCUT2D eigenvalue weighted by Gasteiger charge is -2.27. The maximum absolute atomic E-state index is 12.2. The van der Waals surface area contributed by atoms with Gasteiger partial charge in [-0.3, -0.25) is 0 Å². The van der Waals surface area contributed by atoms with Gasteiger partial charge in [-0.25, -0.2) is 4.79 Å². The van der Waals surface area contributed by atoms with Gasteiger partial charge in [-0.05, 0) is 41.0 Å². The number of aliphatic hydroxyl groups is 2. The fraction of sp³-hybridized carbons (Fsp3) is 0.316. The van der Waals surface area contributed by atoms with E-state index in [9.17, 15) is 20.1 Å². The maximum atomic E-state index is 12.2. The summed E-state index contributed by atoms with van der Waals surface area (Å²) in [6.45, 7) is 4.99. The average molecular weight is 330 g/mol. The lowest BCUT2D eigenvalue weighted by atomic mass is 9.88. The number of esters is 1. The van der Waals surface area contributed by atoms with Crippen molar-refractivity contribution in [3.8, 4) is 5.75 Å². The molecule has 2 rings (SSSR count). The van der Waals surface area contributed by atoms with Crippen LogP contribution in [-0.2, 0) is 9.53 Å². The van der Waals surface area contributed by atoms with Gasteiger partial charge >= 0.3 is 5.97 Å². The summed E-state index contributed by atoms with van der Waals surface area (Å²) < 4.78 is 5.23. The molecule has 0 spiro atoms. The Kier molecular flexibility index (Phi) is 5.59. The molecule has 2 aromatic carbocycles. The van der Waals surface area contributed by atoms with E-state index in [1.807, 2.05) is 6.92 Å². The van der Waals surface area contributed by atoms with Crippen molar-refractivity contribution in [1.82, 2.24) is 0 Å². The number of phenols is 1. The zero-order valence-electron chi connectivity index (χ0n) is 13.7. The number of benzene rings is 2. The van der Waals surface area contributed by atoms with E-state index in [4.69, 9.17) is 4.74 Å². The van der Waals surface area contributed by atoms with Crippen molar-refractivity contribution in [3.63, 3.8) is 0 Å². The van der Waals surface area contributed by atoms with Crippen LogP contribution in [0.15, 0.2) is 43.0 Å². The van der Waals surface area contributed by atoms with Gasteiger partial charge in [0.25, 0.3) is 0 Å². The lowest BCUT2D eigenvalue weighted by molar-refractivity contribution is -0.142. The summed E-state index contributed by atoms with van der Waals surface area (Å²) in [5.74, 6) is -0.412. The summed E-state index contributed by atoms with van der Waals surface area (Å²) in [4.78, 5) is 12.2. The molecule has 3 N–H and O–H groups in total. The Morgan fingerprint density at radius 3 is 2.38 bits per heavy atom. The van der Waals surface area contributed by atoms with Crippen molar-refractivity contribution in [2.45, 2.75) is 13.3 Å². The minimum absolute atomic E-state index is 0.0736. The van der Waals surface area contributed by atoms with Crippen molar-refractivity contribution >= 4 is 22.3 Å². The molecule has 0 bridgehead atoms. The maximum Gasteiger partial charge on any atom is 0.338 e. The summed E-state index contributed by atoms with van der Waals surface area (Å²) in [5, 5.41) is 30.0. The predicted octanol–water partition coefficient (Wildman–Crippen LogP) is 2.48. The molecule has 5 nitrogen and oxygen atoms in total. The molecule has 0 aliphatic rings. The third-order valence-electron chi connectivity index (χ3n) is 4.35. The molecule has 0 radical (unpaired) electrons. The fourth-order valence-corrected chi connectivity index (χ4v) is 2.31. The van der Waals surface area contributed by atoms with Crippen molar-refractivity contribution in [2.75, 3.05) is 19.8 Å². The number of ether oxygens (including phenoxy) is 1. The number of hydrogen-bond acceptors (Lipinski definition) is 5. The quantitative estimate of drug-likeness (QED) is 0.536. The zero-order chi connectivity index (χ0) is 17.7. The number of phenolic OH excluding ortho intramolecular Hbond substituents is 1. The number of aliphatic hydroxyl groups excluding tert-OH is 2. The van der Waals surface area contributed by atoms with Gasteiger partial charge in [-0.1, -0.05) is 31.7 Å². The smallest absolute Gasteiger partial charge is 0.338 e. The minimum Gasteiger partial charge on any atom is -0.508 e. The first-order valence-corrected chi connectivity index (χ1v) is 7.75. The van der Waals surface area contributed by atoms with E-state index < -0.39 is 11.4 Å². The molecular formula is C19H22O5. The third-order valence-corrected chi connectivity index (χ3v) is 4.35. The van der Waals surface area contributed by atoms with Gasteiger partial charge in [0.1, 0.15) is 12.4 Å². The molecule has 0 heterocycles.